The van der Waals surface area contributed by atoms with Gasteiger partial charge < -0.3 is 15.0 Å². The van der Waals surface area contributed by atoms with Gasteiger partial charge in [0, 0.05) is 18.1 Å². The van der Waals surface area contributed by atoms with Crippen molar-refractivity contribution in [1.29, 1.82) is 0 Å². The Labute approximate surface area is 177 Å². The second-order valence-corrected chi connectivity index (χ2v) is 6.65. The Hall–Kier alpha value is -4.22. The first-order chi connectivity index (χ1) is 15.2. The fourth-order valence-electron chi connectivity index (χ4n) is 3.26. The van der Waals surface area contributed by atoms with E-state index in [2.05, 4.69) is 25.4 Å². The number of methoxy groups -OCH3 is 1. The van der Waals surface area contributed by atoms with E-state index in [1.165, 1.54) is 38.6 Å². The predicted molar refractivity (Wildman–Crippen MR) is 108 cm³/mol. The Morgan fingerprint density at radius 2 is 1.84 bits per heavy atom. The van der Waals surface area contributed by atoms with Crippen LogP contribution in [0.5, 0.6) is 5.88 Å². The molecule has 1 aromatic carbocycles. The van der Waals surface area contributed by atoms with E-state index < -0.39 is 28.9 Å². The molecule has 0 aliphatic carbocycles. The molecule has 0 radical (unpaired) electrons. The van der Waals surface area contributed by atoms with Crippen molar-refractivity contribution in [3.05, 3.63) is 70.0 Å². The number of aryl methyl sites for hydroxylation is 1. The average Bonchev–Trinajstić information content (AvgIpc) is 3.15. The number of aromatic nitrogens is 5. The highest BCUT2D eigenvalue weighted by Gasteiger charge is 2.39. The molecule has 3 aromatic heterocycles. The number of rotatable bonds is 4. The highest BCUT2D eigenvalue weighted by atomic mass is 19.4. The Morgan fingerprint density at radius 1 is 1.16 bits per heavy atom. The molecule has 32 heavy (non-hydrogen) atoms. The Bertz CT molecular complexity index is 1380. The number of benzene rings is 1. The molecule has 0 atom stereocenters. The van der Waals surface area contributed by atoms with E-state index in [4.69, 9.17) is 4.74 Å². The summed E-state index contributed by atoms with van der Waals surface area (Å²) in [6, 6.07) is 7.74. The number of ether oxygens (including phenoxy) is 1. The summed E-state index contributed by atoms with van der Waals surface area (Å²) >= 11 is 0. The Morgan fingerprint density at radius 3 is 2.50 bits per heavy atom. The summed E-state index contributed by atoms with van der Waals surface area (Å²) in [6.45, 7) is 1.40. The standard InChI is InChI=1S/C20H15F3N6O3/c1-10-12(17(30)27-15-18(32-2)25-9-8-24-15)19(31)29-16(26-10)13(11-6-4-3-5-7-11)14(28-29)20(21,22)23/h3-9,26H,1-2H3,(H,24,27,30). The zero-order valence-electron chi connectivity index (χ0n) is 16.7. The third kappa shape index (κ3) is 3.55. The minimum absolute atomic E-state index is 0.000760. The number of hydrogen-bond donors (Lipinski definition) is 2. The number of hydrogen-bond acceptors (Lipinski definition) is 6. The average molecular weight is 444 g/mol. The van der Waals surface area contributed by atoms with Crippen molar-refractivity contribution in [2.75, 3.05) is 12.4 Å². The van der Waals surface area contributed by atoms with Crippen molar-refractivity contribution < 1.29 is 22.7 Å². The normalized spacial score (nSPS) is 11.5. The molecule has 0 fully saturated rings. The molecule has 12 heteroatoms. The van der Waals surface area contributed by atoms with Gasteiger partial charge in [-0.2, -0.15) is 22.8 Å². The van der Waals surface area contributed by atoms with Crippen LogP contribution in [0.25, 0.3) is 16.8 Å². The number of carbonyl (C=O) groups is 1. The van der Waals surface area contributed by atoms with E-state index >= 15 is 0 Å². The van der Waals surface area contributed by atoms with Crippen molar-refractivity contribution in [3.8, 4) is 17.0 Å². The maximum Gasteiger partial charge on any atom is 0.435 e. The molecule has 0 unspecified atom stereocenters. The van der Waals surface area contributed by atoms with Crippen molar-refractivity contribution in [2.45, 2.75) is 13.1 Å². The zero-order chi connectivity index (χ0) is 23.0. The molecular weight excluding hydrogens is 429 g/mol. The van der Waals surface area contributed by atoms with Crippen molar-refractivity contribution in [2.24, 2.45) is 0 Å². The number of nitrogens with one attached hydrogen (secondary N) is 2. The minimum Gasteiger partial charge on any atom is -0.478 e. The molecule has 9 nitrogen and oxygen atoms in total. The molecule has 0 saturated heterocycles. The SMILES string of the molecule is COc1nccnc1NC(=O)c1c(C)[nH]c2c(-c3ccccc3)c(C(F)(F)F)nn2c1=O. The number of aromatic amines is 1. The number of H-pyrrole nitrogens is 1. The van der Waals surface area contributed by atoms with E-state index in [1.54, 1.807) is 18.2 Å². The predicted octanol–water partition coefficient (Wildman–Crippen LogP) is 3.07. The number of anilines is 1. The van der Waals surface area contributed by atoms with Gasteiger partial charge in [-0.25, -0.2) is 9.97 Å². The van der Waals surface area contributed by atoms with Gasteiger partial charge in [-0.05, 0) is 12.5 Å². The summed E-state index contributed by atoms with van der Waals surface area (Å²) < 4.78 is 46.7. The van der Waals surface area contributed by atoms with Crippen LogP contribution in [0.15, 0.2) is 47.5 Å². The minimum atomic E-state index is -4.83. The number of alkyl halides is 3. The summed E-state index contributed by atoms with van der Waals surface area (Å²) in [5.74, 6) is -0.962. The molecule has 0 aliphatic rings. The lowest BCUT2D eigenvalue weighted by molar-refractivity contribution is -0.140. The van der Waals surface area contributed by atoms with Gasteiger partial charge in [-0.15, -0.1) is 0 Å². The van der Waals surface area contributed by atoms with Crippen LogP contribution in [0.2, 0.25) is 0 Å². The molecule has 2 N–H and O–H groups in total. The van der Waals surface area contributed by atoms with Crippen LogP contribution in [-0.4, -0.2) is 37.6 Å². The van der Waals surface area contributed by atoms with Crippen LogP contribution < -0.4 is 15.6 Å². The quantitative estimate of drug-likeness (QED) is 0.500. The molecule has 0 bridgehead atoms. The smallest absolute Gasteiger partial charge is 0.435 e. The third-order valence-electron chi connectivity index (χ3n) is 4.62. The Kier molecular flexibility index (Phi) is 5.12. The number of nitrogens with zero attached hydrogens (tertiary/aromatic N) is 4. The van der Waals surface area contributed by atoms with Gasteiger partial charge >= 0.3 is 6.18 Å². The van der Waals surface area contributed by atoms with Gasteiger partial charge in [0.15, 0.2) is 11.5 Å². The number of carbonyl (C=O) groups excluding carboxylic acids is 1. The second-order valence-electron chi connectivity index (χ2n) is 6.65. The maximum absolute atomic E-state index is 13.7. The molecule has 0 saturated carbocycles. The second kappa shape index (κ2) is 7.80. The summed E-state index contributed by atoms with van der Waals surface area (Å²) in [5, 5.41) is 5.89. The van der Waals surface area contributed by atoms with Crippen molar-refractivity contribution in [3.63, 3.8) is 0 Å². The van der Waals surface area contributed by atoms with Crippen LogP contribution in [0.1, 0.15) is 21.7 Å². The van der Waals surface area contributed by atoms with E-state index in [9.17, 15) is 22.8 Å². The lowest BCUT2D eigenvalue weighted by Gasteiger charge is -2.10. The zero-order valence-corrected chi connectivity index (χ0v) is 16.7. The van der Waals surface area contributed by atoms with E-state index in [1.807, 2.05) is 0 Å². The monoisotopic (exact) mass is 444 g/mol. The summed E-state index contributed by atoms with van der Waals surface area (Å²) in [6.07, 6.45) is -2.19. The first kappa shape index (κ1) is 21.0. The molecule has 3 heterocycles. The lowest BCUT2D eigenvalue weighted by Crippen LogP contribution is -2.29. The molecule has 164 valence electrons. The highest BCUT2D eigenvalue weighted by Crippen LogP contribution is 2.38. The van der Waals surface area contributed by atoms with Gasteiger partial charge in [0.1, 0.15) is 11.2 Å². The van der Waals surface area contributed by atoms with Crippen LogP contribution in [0.4, 0.5) is 19.0 Å². The summed E-state index contributed by atoms with van der Waals surface area (Å²) in [5.41, 5.74) is -2.91. The van der Waals surface area contributed by atoms with E-state index in [-0.39, 0.29) is 34.2 Å². The molecule has 0 spiro atoms. The van der Waals surface area contributed by atoms with Crippen molar-refractivity contribution >= 4 is 17.4 Å². The van der Waals surface area contributed by atoms with Crippen LogP contribution in [-0.2, 0) is 6.18 Å². The fourth-order valence-corrected chi connectivity index (χ4v) is 3.26. The molecule has 0 aliphatic heterocycles. The summed E-state index contributed by atoms with van der Waals surface area (Å²) in [7, 11) is 1.32. The van der Waals surface area contributed by atoms with E-state index in [0.29, 0.717) is 4.52 Å². The first-order valence-electron chi connectivity index (χ1n) is 9.17. The lowest BCUT2D eigenvalue weighted by atomic mass is 10.1. The van der Waals surface area contributed by atoms with Crippen LogP contribution in [0, 0.1) is 6.92 Å². The van der Waals surface area contributed by atoms with Crippen LogP contribution in [0.3, 0.4) is 0 Å². The molecular formula is C20H15F3N6O3. The molecule has 4 rings (SSSR count). The van der Waals surface area contributed by atoms with Gasteiger partial charge in [-0.1, -0.05) is 30.3 Å². The van der Waals surface area contributed by atoms with E-state index in [0.717, 1.165) is 0 Å². The molecule has 4 aromatic rings. The van der Waals surface area contributed by atoms with Gasteiger partial charge in [0.05, 0.1) is 12.7 Å². The number of halogens is 3. The van der Waals surface area contributed by atoms with Gasteiger partial charge in [0.25, 0.3) is 17.3 Å². The maximum atomic E-state index is 13.7. The largest absolute Gasteiger partial charge is 0.478 e. The van der Waals surface area contributed by atoms with Gasteiger partial charge in [-0.3, -0.25) is 9.59 Å². The number of fused-ring (bicyclic) bond motifs is 1. The first-order valence-corrected chi connectivity index (χ1v) is 9.17. The number of amides is 1. The highest BCUT2D eigenvalue weighted by molar-refractivity contribution is 6.05. The van der Waals surface area contributed by atoms with Crippen molar-refractivity contribution in [1.82, 2.24) is 24.6 Å². The Balaban J connectivity index is 1.91. The topological polar surface area (TPSA) is 114 Å². The molecule has 1 amide bonds. The third-order valence-corrected chi connectivity index (χ3v) is 4.62. The summed E-state index contributed by atoms with van der Waals surface area (Å²) in [4.78, 5) is 36.4. The van der Waals surface area contributed by atoms with Crippen LogP contribution >= 0.6 is 0 Å². The van der Waals surface area contributed by atoms with Gasteiger partial charge in [0.2, 0.25) is 0 Å². The fraction of sp³-hybridized carbons (Fsp3) is 0.150.